The summed E-state index contributed by atoms with van der Waals surface area (Å²) in [6, 6.07) is 0. The molecule has 0 saturated carbocycles. The van der Waals surface area contributed by atoms with E-state index in [1.807, 2.05) is 0 Å². The van der Waals surface area contributed by atoms with E-state index in [9.17, 15) is 0 Å². The lowest BCUT2D eigenvalue weighted by atomic mass is 10.3. The van der Waals surface area contributed by atoms with Gasteiger partial charge in [0.1, 0.15) is 5.02 Å². The topological polar surface area (TPSA) is 43.8 Å². The van der Waals surface area contributed by atoms with Crippen LogP contribution in [0.1, 0.15) is 19.8 Å². The summed E-state index contributed by atoms with van der Waals surface area (Å²) in [5.41, 5.74) is 5.45. The Labute approximate surface area is 71.1 Å². The standard InChI is InChI=1S/C7H12ClN3/c1-2-3-4-11-5-6(8)7(9)10-11/h5H,2-4H2,1H3,(H2,9,10). The number of hydrogen-bond acceptors (Lipinski definition) is 2. The van der Waals surface area contributed by atoms with Crippen molar-refractivity contribution >= 4 is 17.4 Å². The molecule has 62 valence electrons. The maximum absolute atomic E-state index is 5.70. The third kappa shape index (κ3) is 2.12. The number of nitrogens with two attached hydrogens (primary N) is 1. The Morgan fingerprint density at radius 2 is 2.45 bits per heavy atom. The molecule has 3 nitrogen and oxygen atoms in total. The number of anilines is 1. The molecule has 0 spiro atoms. The highest BCUT2D eigenvalue weighted by Gasteiger charge is 2.00. The zero-order valence-corrected chi connectivity index (χ0v) is 7.30. The third-order valence-corrected chi connectivity index (χ3v) is 1.78. The maximum Gasteiger partial charge on any atom is 0.164 e. The summed E-state index contributed by atoms with van der Waals surface area (Å²) in [5.74, 6) is 0.419. The molecule has 1 aromatic heterocycles. The highest BCUT2D eigenvalue weighted by atomic mass is 35.5. The SMILES string of the molecule is CCCCn1cc(Cl)c(N)n1. The van der Waals surface area contributed by atoms with E-state index < -0.39 is 0 Å². The minimum Gasteiger partial charge on any atom is -0.381 e. The van der Waals surface area contributed by atoms with Crippen molar-refractivity contribution in [2.24, 2.45) is 0 Å². The molecule has 1 aromatic rings. The van der Waals surface area contributed by atoms with Gasteiger partial charge in [0, 0.05) is 12.7 Å². The third-order valence-electron chi connectivity index (χ3n) is 1.48. The van der Waals surface area contributed by atoms with Gasteiger partial charge in [-0.25, -0.2) is 0 Å². The van der Waals surface area contributed by atoms with Gasteiger partial charge in [-0.05, 0) is 6.42 Å². The molecular weight excluding hydrogens is 162 g/mol. The average Bonchev–Trinajstić information content (AvgIpc) is 2.28. The number of aromatic nitrogens is 2. The van der Waals surface area contributed by atoms with Crippen LogP contribution in [0.15, 0.2) is 6.20 Å². The Kier molecular flexibility index (Phi) is 2.76. The summed E-state index contributed by atoms with van der Waals surface area (Å²) in [7, 11) is 0. The summed E-state index contributed by atoms with van der Waals surface area (Å²) in [4.78, 5) is 0. The summed E-state index contributed by atoms with van der Waals surface area (Å²) in [5, 5.41) is 4.55. The van der Waals surface area contributed by atoms with Crippen molar-refractivity contribution in [1.82, 2.24) is 9.78 Å². The van der Waals surface area contributed by atoms with E-state index in [2.05, 4.69) is 12.0 Å². The minimum atomic E-state index is 0.419. The fourth-order valence-corrected chi connectivity index (χ4v) is 0.997. The number of rotatable bonds is 3. The Balaban J connectivity index is 2.58. The van der Waals surface area contributed by atoms with Gasteiger partial charge in [-0.2, -0.15) is 5.10 Å². The van der Waals surface area contributed by atoms with Crippen molar-refractivity contribution < 1.29 is 0 Å². The molecule has 0 aromatic carbocycles. The lowest BCUT2D eigenvalue weighted by molar-refractivity contribution is 0.574. The molecule has 4 heteroatoms. The van der Waals surface area contributed by atoms with Gasteiger partial charge in [0.2, 0.25) is 0 Å². The largest absolute Gasteiger partial charge is 0.381 e. The van der Waals surface area contributed by atoms with Gasteiger partial charge in [-0.15, -0.1) is 0 Å². The second-order valence-corrected chi connectivity index (χ2v) is 2.89. The molecule has 0 atom stereocenters. The summed E-state index contributed by atoms with van der Waals surface area (Å²) in [6.07, 6.45) is 4.02. The summed E-state index contributed by atoms with van der Waals surface area (Å²) < 4.78 is 1.78. The quantitative estimate of drug-likeness (QED) is 0.759. The van der Waals surface area contributed by atoms with Gasteiger partial charge in [0.15, 0.2) is 5.82 Å². The number of halogens is 1. The van der Waals surface area contributed by atoms with Crippen LogP contribution in [0.25, 0.3) is 0 Å². The Morgan fingerprint density at radius 1 is 1.73 bits per heavy atom. The highest BCUT2D eigenvalue weighted by molar-refractivity contribution is 6.32. The highest BCUT2D eigenvalue weighted by Crippen LogP contribution is 2.15. The van der Waals surface area contributed by atoms with Gasteiger partial charge >= 0.3 is 0 Å². The first-order chi connectivity index (χ1) is 5.24. The van der Waals surface area contributed by atoms with Gasteiger partial charge in [-0.3, -0.25) is 4.68 Å². The molecule has 0 saturated heterocycles. The van der Waals surface area contributed by atoms with Gasteiger partial charge < -0.3 is 5.73 Å². The van der Waals surface area contributed by atoms with E-state index in [0.29, 0.717) is 10.8 Å². The fourth-order valence-electron chi connectivity index (χ4n) is 0.847. The van der Waals surface area contributed by atoms with Crippen LogP contribution < -0.4 is 5.73 Å². The first kappa shape index (κ1) is 8.40. The van der Waals surface area contributed by atoms with Crippen LogP contribution in [-0.2, 0) is 6.54 Å². The van der Waals surface area contributed by atoms with E-state index in [-0.39, 0.29) is 0 Å². The Hall–Kier alpha value is -0.700. The fraction of sp³-hybridized carbons (Fsp3) is 0.571. The van der Waals surface area contributed by atoms with Gasteiger partial charge in [-0.1, -0.05) is 24.9 Å². The Morgan fingerprint density at radius 3 is 2.91 bits per heavy atom. The zero-order valence-electron chi connectivity index (χ0n) is 6.55. The summed E-state index contributed by atoms with van der Waals surface area (Å²) in [6.45, 7) is 3.03. The first-order valence-electron chi connectivity index (χ1n) is 3.72. The monoisotopic (exact) mass is 173 g/mol. The van der Waals surface area contributed by atoms with Crippen LogP contribution in [0.4, 0.5) is 5.82 Å². The minimum absolute atomic E-state index is 0.419. The molecule has 11 heavy (non-hydrogen) atoms. The van der Waals surface area contributed by atoms with Crippen LogP contribution in [0, 0.1) is 0 Å². The lowest BCUT2D eigenvalue weighted by Gasteiger charge is -1.96. The molecule has 0 unspecified atom stereocenters. The number of aryl methyl sites for hydroxylation is 1. The van der Waals surface area contributed by atoms with Crippen molar-refractivity contribution in [3.63, 3.8) is 0 Å². The van der Waals surface area contributed by atoms with E-state index in [1.165, 1.54) is 0 Å². The molecule has 0 aliphatic rings. The van der Waals surface area contributed by atoms with E-state index in [4.69, 9.17) is 17.3 Å². The van der Waals surface area contributed by atoms with Gasteiger partial charge in [0.05, 0.1) is 0 Å². The number of hydrogen-bond donors (Lipinski definition) is 1. The van der Waals surface area contributed by atoms with Crippen molar-refractivity contribution in [2.45, 2.75) is 26.3 Å². The summed E-state index contributed by atoms with van der Waals surface area (Å²) >= 11 is 5.70. The van der Waals surface area contributed by atoms with Crippen LogP contribution in [-0.4, -0.2) is 9.78 Å². The van der Waals surface area contributed by atoms with Crippen LogP contribution in [0.3, 0.4) is 0 Å². The van der Waals surface area contributed by atoms with E-state index in [0.717, 1.165) is 19.4 Å². The van der Waals surface area contributed by atoms with Crippen LogP contribution in [0.2, 0.25) is 5.02 Å². The maximum atomic E-state index is 5.70. The number of unbranched alkanes of at least 4 members (excludes halogenated alkanes) is 1. The molecule has 1 rings (SSSR count). The average molecular weight is 174 g/mol. The van der Waals surface area contributed by atoms with Gasteiger partial charge in [0.25, 0.3) is 0 Å². The molecular formula is C7H12ClN3. The molecule has 2 N–H and O–H groups in total. The second kappa shape index (κ2) is 3.62. The lowest BCUT2D eigenvalue weighted by Crippen LogP contribution is -1.98. The van der Waals surface area contributed by atoms with Crippen molar-refractivity contribution in [2.75, 3.05) is 5.73 Å². The zero-order chi connectivity index (χ0) is 8.27. The smallest absolute Gasteiger partial charge is 0.164 e. The van der Waals surface area contributed by atoms with Crippen LogP contribution in [0.5, 0.6) is 0 Å². The molecule has 0 aliphatic heterocycles. The second-order valence-electron chi connectivity index (χ2n) is 2.48. The van der Waals surface area contributed by atoms with Crippen molar-refractivity contribution in [3.8, 4) is 0 Å². The molecule has 0 bridgehead atoms. The number of nitrogens with zero attached hydrogens (tertiary/aromatic N) is 2. The van der Waals surface area contributed by atoms with Crippen molar-refractivity contribution in [1.29, 1.82) is 0 Å². The molecule has 0 fully saturated rings. The predicted molar refractivity (Wildman–Crippen MR) is 46.6 cm³/mol. The van der Waals surface area contributed by atoms with E-state index >= 15 is 0 Å². The molecule has 1 heterocycles. The molecule has 0 amide bonds. The molecule has 0 radical (unpaired) electrons. The van der Waals surface area contributed by atoms with Crippen molar-refractivity contribution in [3.05, 3.63) is 11.2 Å². The first-order valence-corrected chi connectivity index (χ1v) is 4.10. The number of nitrogen functional groups attached to an aromatic ring is 1. The Bertz CT molecular complexity index is 212. The normalized spacial score (nSPS) is 10.4. The van der Waals surface area contributed by atoms with E-state index in [1.54, 1.807) is 10.9 Å². The molecule has 0 aliphatic carbocycles. The van der Waals surface area contributed by atoms with Crippen LogP contribution >= 0.6 is 11.6 Å². The predicted octanol–water partition coefficient (Wildman–Crippen LogP) is 1.92.